The Hall–Kier alpha value is -0.340. The van der Waals surface area contributed by atoms with Crippen molar-refractivity contribution >= 4 is 15.9 Å². The predicted molar refractivity (Wildman–Crippen MR) is 70.7 cm³/mol. The summed E-state index contributed by atoms with van der Waals surface area (Å²) in [4.78, 5) is 0.480. The summed E-state index contributed by atoms with van der Waals surface area (Å²) in [5, 5.41) is 0. The zero-order valence-corrected chi connectivity index (χ0v) is 11.6. The van der Waals surface area contributed by atoms with E-state index >= 15 is 0 Å². The molecule has 1 aromatic rings. The molecular weight excluding hydrogens is 264 g/mol. The summed E-state index contributed by atoms with van der Waals surface area (Å²) in [5.41, 5.74) is 4.11. The minimum absolute atomic E-state index is 0.480. The summed E-state index contributed by atoms with van der Waals surface area (Å²) in [6.45, 7) is 6.13. The normalized spacial score (nSPS) is 18.2. The zero-order valence-electron chi connectivity index (χ0n) is 10.0. The van der Waals surface area contributed by atoms with Gasteiger partial charge < -0.3 is 4.74 Å². The van der Waals surface area contributed by atoms with Gasteiger partial charge in [0, 0.05) is 4.83 Å². The van der Waals surface area contributed by atoms with E-state index in [2.05, 4.69) is 48.0 Å². The van der Waals surface area contributed by atoms with E-state index in [0.717, 1.165) is 19.1 Å². The quantitative estimate of drug-likeness (QED) is 0.734. The molecule has 0 amide bonds. The third-order valence-electron chi connectivity index (χ3n) is 3.41. The Morgan fingerprint density at radius 2 is 2.06 bits per heavy atom. The molecule has 0 radical (unpaired) electrons. The van der Waals surface area contributed by atoms with Gasteiger partial charge in [0.05, 0.1) is 13.2 Å². The molecule has 0 spiro atoms. The Bertz CT molecular complexity index is 362. The highest BCUT2D eigenvalue weighted by Crippen LogP contribution is 2.33. The third-order valence-corrected chi connectivity index (χ3v) is 4.32. The lowest BCUT2D eigenvalue weighted by atomic mass is 9.97. The number of fused-ring (bicyclic) bond motifs is 1. The van der Waals surface area contributed by atoms with Gasteiger partial charge in [-0.1, -0.05) is 54.4 Å². The van der Waals surface area contributed by atoms with Crippen molar-refractivity contribution in [1.29, 1.82) is 0 Å². The lowest BCUT2D eigenvalue weighted by Gasteiger charge is -2.15. The Balaban J connectivity index is 2.09. The first-order valence-corrected chi connectivity index (χ1v) is 6.95. The summed E-state index contributed by atoms with van der Waals surface area (Å²) >= 11 is 3.79. The van der Waals surface area contributed by atoms with Crippen molar-refractivity contribution in [2.24, 2.45) is 5.92 Å². The van der Waals surface area contributed by atoms with Gasteiger partial charge in [-0.25, -0.2) is 0 Å². The number of hydrogen-bond donors (Lipinski definition) is 0. The van der Waals surface area contributed by atoms with E-state index in [1.807, 2.05) is 0 Å². The van der Waals surface area contributed by atoms with Crippen LogP contribution in [-0.4, -0.2) is 0 Å². The Morgan fingerprint density at radius 1 is 1.31 bits per heavy atom. The second-order valence-corrected chi connectivity index (χ2v) is 5.84. The van der Waals surface area contributed by atoms with Gasteiger partial charge in [-0.2, -0.15) is 0 Å². The molecule has 2 rings (SSSR count). The largest absolute Gasteiger partial charge is 0.372 e. The number of benzene rings is 1. The molecule has 2 unspecified atom stereocenters. The van der Waals surface area contributed by atoms with Crippen LogP contribution in [0.25, 0.3) is 0 Å². The summed E-state index contributed by atoms with van der Waals surface area (Å²) < 4.78 is 5.44. The molecule has 0 fully saturated rings. The van der Waals surface area contributed by atoms with E-state index in [1.165, 1.54) is 29.5 Å². The number of halogens is 1. The third kappa shape index (κ3) is 2.67. The van der Waals surface area contributed by atoms with E-state index in [1.54, 1.807) is 0 Å². The van der Waals surface area contributed by atoms with Crippen molar-refractivity contribution in [3.8, 4) is 0 Å². The Kier molecular flexibility index (Phi) is 4.04. The lowest BCUT2D eigenvalue weighted by Crippen LogP contribution is -1.99. The number of rotatable bonds is 4. The fourth-order valence-electron chi connectivity index (χ4n) is 2.04. The van der Waals surface area contributed by atoms with Crippen LogP contribution in [0, 0.1) is 5.92 Å². The van der Waals surface area contributed by atoms with Crippen LogP contribution in [0.2, 0.25) is 0 Å². The lowest BCUT2D eigenvalue weighted by molar-refractivity contribution is 0.134. The van der Waals surface area contributed by atoms with Crippen LogP contribution in [0.5, 0.6) is 0 Å². The molecule has 1 aromatic carbocycles. The Morgan fingerprint density at radius 3 is 2.81 bits per heavy atom. The maximum absolute atomic E-state index is 5.44. The van der Waals surface area contributed by atoms with Gasteiger partial charge >= 0.3 is 0 Å². The van der Waals surface area contributed by atoms with E-state index in [0.29, 0.717) is 4.83 Å². The van der Waals surface area contributed by atoms with E-state index in [4.69, 9.17) is 4.74 Å². The first-order chi connectivity index (χ1) is 7.70. The second kappa shape index (κ2) is 5.33. The Labute approximate surface area is 106 Å². The summed E-state index contributed by atoms with van der Waals surface area (Å²) in [5.74, 6) is 0.772. The molecule has 1 heterocycles. The average Bonchev–Trinajstić information content (AvgIpc) is 2.75. The van der Waals surface area contributed by atoms with Gasteiger partial charge in [-0.3, -0.25) is 0 Å². The molecule has 88 valence electrons. The molecule has 1 aliphatic rings. The van der Waals surface area contributed by atoms with Crippen LogP contribution in [-0.2, 0) is 18.0 Å². The van der Waals surface area contributed by atoms with Crippen LogP contribution < -0.4 is 0 Å². The van der Waals surface area contributed by atoms with Gasteiger partial charge in [0.2, 0.25) is 0 Å². The maximum atomic E-state index is 5.44. The van der Waals surface area contributed by atoms with E-state index < -0.39 is 0 Å². The average molecular weight is 283 g/mol. The molecular formula is C14H19BrO. The van der Waals surface area contributed by atoms with Crippen LogP contribution >= 0.6 is 15.9 Å². The van der Waals surface area contributed by atoms with Gasteiger partial charge in [-0.15, -0.1) is 0 Å². The second-order valence-electron chi connectivity index (χ2n) is 4.74. The minimum atomic E-state index is 0.480. The van der Waals surface area contributed by atoms with Crippen molar-refractivity contribution in [1.82, 2.24) is 0 Å². The molecule has 1 nitrogen and oxygen atoms in total. The molecule has 2 heteroatoms. The molecule has 0 aliphatic carbocycles. The van der Waals surface area contributed by atoms with Gasteiger partial charge in [0.15, 0.2) is 0 Å². The van der Waals surface area contributed by atoms with Crippen molar-refractivity contribution < 1.29 is 4.74 Å². The standard InChI is InChI=1S/C14H19BrO/c1-3-10(2)6-14(15)11-4-5-12-8-16-9-13(12)7-11/h4-5,7,10,14H,3,6,8-9H2,1-2H3. The first-order valence-electron chi connectivity index (χ1n) is 6.04. The molecule has 1 aliphatic heterocycles. The molecule has 16 heavy (non-hydrogen) atoms. The van der Waals surface area contributed by atoms with Crippen molar-refractivity contribution in [3.05, 3.63) is 34.9 Å². The number of hydrogen-bond acceptors (Lipinski definition) is 1. The van der Waals surface area contributed by atoms with Crippen molar-refractivity contribution in [2.45, 2.75) is 44.7 Å². The fourth-order valence-corrected chi connectivity index (χ4v) is 2.97. The predicted octanol–water partition coefficient (Wildman–Crippen LogP) is 4.59. The van der Waals surface area contributed by atoms with E-state index in [9.17, 15) is 0 Å². The molecule has 0 bridgehead atoms. The van der Waals surface area contributed by atoms with Crippen LogP contribution in [0.4, 0.5) is 0 Å². The molecule has 2 atom stereocenters. The maximum Gasteiger partial charge on any atom is 0.0725 e. The minimum Gasteiger partial charge on any atom is -0.372 e. The highest BCUT2D eigenvalue weighted by Gasteiger charge is 2.15. The molecule has 0 aromatic heterocycles. The summed E-state index contributed by atoms with van der Waals surface area (Å²) in [7, 11) is 0. The highest BCUT2D eigenvalue weighted by atomic mass is 79.9. The van der Waals surface area contributed by atoms with Crippen LogP contribution in [0.15, 0.2) is 18.2 Å². The van der Waals surface area contributed by atoms with Crippen LogP contribution in [0.1, 0.15) is 48.2 Å². The molecule has 0 saturated heterocycles. The smallest absolute Gasteiger partial charge is 0.0725 e. The molecule has 0 N–H and O–H groups in total. The first kappa shape index (κ1) is 12.1. The van der Waals surface area contributed by atoms with E-state index in [-0.39, 0.29) is 0 Å². The number of ether oxygens (including phenoxy) is 1. The zero-order chi connectivity index (χ0) is 11.5. The SMILES string of the molecule is CCC(C)CC(Br)c1ccc2c(c1)COC2. The summed E-state index contributed by atoms with van der Waals surface area (Å²) in [6, 6.07) is 6.74. The monoisotopic (exact) mass is 282 g/mol. The van der Waals surface area contributed by atoms with Crippen molar-refractivity contribution in [3.63, 3.8) is 0 Å². The molecule has 0 saturated carbocycles. The van der Waals surface area contributed by atoms with Gasteiger partial charge in [0.25, 0.3) is 0 Å². The van der Waals surface area contributed by atoms with Crippen LogP contribution in [0.3, 0.4) is 0 Å². The number of alkyl halides is 1. The van der Waals surface area contributed by atoms with Gasteiger partial charge in [0.1, 0.15) is 0 Å². The highest BCUT2D eigenvalue weighted by molar-refractivity contribution is 9.09. The summed E-state index contributed by atoms with van der Waals surface area (Å²) in [6.07, 6.45) is 2.45. The fraction of sp³-hybridized carbons (Fsp3) is 0.571. The topological polar surface area (TPSA) is 9.23 Å². The van der Waals surface area contributed by atoms with Crippen molar-refractivity contribution in [2.75, 3.05) is 0 Å². The van der Waals surface area contributed by atoms with Gasteiger partial charge in [-0.05, 0) is 29.0 Å².